The molecule has 0 radical (unpaired) electrons. The molecule has 3 aliphatic rings. The van der Waals surface area contributed by atoms with E-state index in [2.05, 4.69) is 10.6 Å². The molecule has 11 nitrogen and oxygen atoms in total. The van der Waals surface area contributed by atoms with E-state index in [0.29, 0.717) is 40.9 Å². The van der Waals surface area contributed by atoms with Crippen molar-refractivity contribution in [3.8, 4) is 11.4 Å². The molecule has 2 atom stereocenters. The van der Waals surface area contributed by atoms with Crippen LogP contribution < -0.4 is 16.2 Å². The topological polar surface area (TPSA) is 149 Å². The van der Waals surface area contributed by atoms with Crippen molar-refractivity contribution in [2.75, 3.05) is 20.3 Å². The molecule has 0 unspecified atom stereocenters. The summed E-state index contributed by atoms with van der Waals surface area (Å²) in [5.41, 5.74) is 1.96. The van der Waals surface area contributed by atoms with Gasteiger partial charge in [-0.3, -0.25) is 14.4 Å². The van der Waals surface area contributed by atoms with Gasteiger partial charge in [-0.2, -0.15) is 0 Å². The molecule has 2 aromatic heterocycles. The number of benzene rings is 1. The molecule has 12 heteroatoms. The number of likely N-dealkylation sites (N-methyl/N-ethyl adjacent to an activating group) is 1. The SMILES string of the molecule is CC[C@@]1(O)C(=O)OCc2c1cc1n(c2=O)Cc2c-1nc1cc(F)c(C)c3c1c2[C@@H](NC(=O)COCC(=O)NC)CC3. The summed E-state index contributed by atoms with van der Waals surface area (Å²) in [5, 5.41) is 17.3. The van der Waals surface area contributed by atoms with Crippen molar-refractivity contribution in [3.05, 3.63) is 61.7 Å². The third-order valence-corrected chi connectivity index (χ3v) is 8.46. The van der Waals surface area contributed by atoms with Crippen LogP contribution in [0.5, 0.6) is 0 Å². The van der Waals surface area contributed by atoms with Crippen LogP contribution in [-0.4, -0.2) is 52.7 Å². The number of amides is 2. The fraction of sp³-hybridized carbons (Fsp3) is 0.414. The highest BCUT2D eigenvalue weighted by Gasteiger charge is 2.46. The monoisotopic (exact) mass is 564 g/mol. The van der Waals surface area contributed by atoms with Crippen molar-refractivity contribution in [1.29, 1.82) is 0 Å². The van der Waals surface area contributed by atoms with Crippen LogP contribution >= 0.6 is 0 Å². The van der Waals surface area contributed by atoms with Crippen LogP contribution in [0.25, 0.3) is 22.3 Å². The maximum atomic E-state index is 15.0. The standard InChI is InChI=1S/C29H29FN4O7/c1-4-29(39)17-7-21-26-15(9-34(21)27(37)16(17)10-41-28(29)38)25-19(32-23(36)12-40-11-22(35)31-3)6-5-14-13(2)18(30)8-20(33-26)24(14)25/h7-8,19,39H,4-6,9-12H2,1-3H3,(H,31,35)(H,32,36)/t19-,29-/m0/s1. The minimum absolute atomic E-state index is 0.00885. The van der Waals surface area contributed by atoms with E-state index in [1.807, 2.05) is 0 Å². The first-order chi connectivity index (χ1) is 19.6. The number of cyclic esters (lactones) is 1. The number of nitrogens with zero attached hydrogens (tertiary/aromatic N) is 2. The summed E-state index contributed by atoms with van der Waals surface area (Å²) in [4.78, 5) is 55.3. The third kappa shape index (κ3) is 4.04. The van der Waals surface area contributed by atoms with Gasteiger partial charge in [0, 0.05) is 29.6 Å². The first-order valence-electron chi connectivity index (χ1n) is 13.5. The molecular weight excluding hydrogens is 535 g/mol. The smallest absolute Gasteiger partial charge is 0.343 e. The van der Waals surface area contributed by atoms with Crippen molar-refractivity contribution in [2.24, 2.45) is 0 Å². The number of hydrogen-bond donors (Lipinski definition) is 3. The number of halogens is 1. The van der Waals surface area contributed by atoms with Crippen LogP contribution in [0.4, 0.5) is 4.39 Å². The zero-order valence-corrected chi connectivity index (χ0v) is 22.9. The molecule has 0 bridgehead atoms. The highest BCUT2D eigenvalue weighted by atomic mass is 19.1. The highest BCUT2D eigenvalue weighted by Crippen LogP contribution is 2.45. The summed E-state index contributed by atoms with van der Waals surface area (Å²) in [6.07, 6.45) is 0.987. The summed E-state index contributed by atoms with van der Waals surface area (Å²) in [6, 6.07) is 2.47. The number of aromatic nitrogens is 2. The van der Waals surface area contributed by atoms with E-state index in [1.54, 1.807) is 19.9 Å². The van der Waals surface area contributed by atoms with Crippen molar-refractivity contribution in [3.63, 3.8) is 0 Å². The Bertz CT molecular complexity index is 1730. The van der Waals surface area contributed by atoms with Gasteiger partial charge in [-0.05, 0) is 48.9 Å². The fourth-order valence-corrected chi connectivity index (χ4v) is 6.24. The second-order valence-electron chi connectivity index (χ2n) is 10.6. The molecule has 214 valence electrons. The maximum absolute atomic E-state index is 15.0. The summed E-state index contributed by atoms with van der Waals surface area (Å²) in [5.74, 6) is -2.00. The number of aryl methyl sites for hydroxylation is 1. The second kappa shape index (κ2) is 9.74. The molecule has 0 saturated carbocycles. The molecule has 0 fully saturated rings. The molecule has 4 heterocycles. The Morgan fingerprint density at radius 2 is 1.98 bits per heavy atom. The lowest BCUT2D eigenvalue weighted by molar-refractivity contribution is -0.172. The summed E-state index contributed by atoms with van der Waals surface area (Å²) in [6.45, 7) is 2.64. The molecule has 3 aromatic rings. The van der Waals surface area contributed by atoms with Crippen LogP contribution in [0.2, 0.25) is 0 Å². The Morgan fingerprint density at radius 1 is 1.22 bits per heavy atom. The van der Waals surface area contributed by atoms with Gasteiger partial charge in [0.2, 0.25) is 11.8 Å². The van der Waals surface area contributed by atoms with Gasteiger partial charge in [0.15, 0.2) is 5.60 Å². The van der Waals surface area contributed by atoms with Crippen molar-refractivity contribution in [2.45, 2.75) is 57.9 Å². The largest absolute Gasteiger partial charge is 0.458 e. The van der Waals surface area contributed by atoms with Crippen LogP contribution in [0.1, 0.15) is 59.2 Å². The van der Waals surface area contributed by atoms with E-state index >= 15 is 4.39 Å². The normalized spacial score (nSPS) is 20.2. The average molecular weight is 565 g/mol. The number of rotatable bonds is 6. The predicted molar refractivity (Wildman–Crippen MR) is 143 cm³/mol. The second-order valence-corrected chi connectivity index (χ2v) is 10.6. The zero-order valence-electron chi connectivity index (χ0n) is 22.9. The molecule has 3 N–H and O–H groups in total. The molecule has 0 saturated heterocycles. The predicted octanol–water partition coefficient (Wildman–Crippen LogP) is 1.39. The molecule has 2 aliphatic heterocycles. The lowest BCUT2D eigenvalue weighted by Gasteiger charge is -2.31. The number of pyridine rings is 2. The first-order valence-corrected chi connectivity index (χ1v) is 13.5. The summed E-state index contributed by atoms with van der Waals surface area (Å²) in [7, 11) is 1.47. The maximum Gasteiger partial charge on any atom is 0.343 e. The third-order valence-electron chi connectivity index (χ3n) is 8.46. The lowest BCUT2D eigenvalue weighted by Crippen LogP contribution is -2.44. The number of ether oxygens (including phenoxy) is 2. The average Bonchev–Trinajstić information content (AvgIpc) is 3.33. The van der Waals surface area contributed by atoms with Gasteiger partial charge in [0.1, 0.15) is 25.6 Å². The van der Waals surface area contributed by atoms with Gasteiger partial charge in [-0.25, -0.2) is 14.2 Å². The number of esters is 1. The van der Waals surface area contributed by atoms with Crippen LogP contribution in [0.15, 0.2) is 16.9 Å². The van der Waals surface area contributed by atoms with E-state index in [1.165, 1.54) is 17.7 Å². The Labute approximate surface area is 233 Å². The Morgan fingerprint density at radius 3 is 2.71 bits per heavy atom. The van der Waals surface area contributed by atoms with Crippen molar-refractivity contribution in [1.82, 2.24) is 20.2 Å². The Balaban J connectivity index is 1.50. The van der Waals surface area contributed by atoms with Gasteiger partial charge < -0.3 is 29.8 Å². The molecular formula is C29H29FN4O7. The molecule has 41 heavy (non-hydrogen) atoms. The van der Waals surface area contributed by atoms with Crippen LogP contribution in [-0.2, 0) is 49.0 Å². The quantitative estimate of drug-likeness (QED) is 0.298. The number of fused-ring (bicyclic) bond motifs is 5. The van der Waals surface area contributed by atoms with Gasteiger partial charge in [-0.15, -0.1) is 0 Å². The Kier molecular flexibility index (Phi) is 6.42. The van der Waals surface area contributed by atoms with Gasteiger partial charge in [0.05, 0.1) is 35.1 Å². The van der Waals surface area contributed by atoms with Gasteiger partial charge in [0.25, 0.3) is 5.56 Å². The van der Waals surface area contributed by atoms with E-state index in [4.69, 9.17) is 14.5 Å². The molecule has 0 spiro atoms. The summed E-state index contributed by atoms with van der Waals surface area (Å²) < 4.78 is 26.9. The van der Waals surface area contributed by atoms with Crippen molar-refractivity contribution < 1.29 is 33.4 Å². The van der Waals surface area contributed by atoms with E-state index in [0.717, 1.165) is 16.5 Å². The summed E-state index contributed by atoms with van der Waals surface area (Å²) >= 11 is 0. The van der Waals surface area contributed by atoms with Gasteiger partial charge >= 0.3 is 5.97 Å². The Hall–Kier alpha value is -4.16. The van der Waals surface area contributed by atoms with E-state index < -0.39 is 34.9 Å². The van der Waals surface area contributed by atoms with Crippen LogP contribution in [0, 0.1) is 12.7 Å². The fourth-order valence-electron chi connectivity index (χ4n) is 6.24. The number of aliphatic hydroxyl groups is 1. The van der Waals surface area contributed by atoms with Crippen LogP contribution in [0.3, 0.4) is 0 Å². The van der Waals surface area contributed by atoms with Crippen molar-refractivity contribution >= 4 is 28.7 Å². The molecule has 2 amide bonds. The minimum atomic E-state index is -1.97. The number of carbonyl (C=O) groups is 3. The number of nitrogens with one attached hydrogen (secondary N) is 2. The first kappa shape index (κ1) is 27.0. The highest BCUT2D eigenvalue weighted by molar-refractivity contribution is 5.94. The molecule has 6 rings (SSSR count). The van der Waals surface area contributed by atoms with E-state index in [9.17, 15) is 24.3 Å². The number of carbonyl (C=O) groups excluding carboxylic acids is 3. The minimum Gasteiger partial charge on any atom is -0.458 e. The van der Waals surface area contributed by atoms with Gasteiger partial charge in [-0.1, -0.05) is 6.92 Å². The molecule has 1 aromatic carbocycles. The lowest BCUT2D eigenvalue weighted by atomic mass is 9.81. The molecule has 1 aliphatic carbocycles. The van der Waals surface area contributed by atoms with E-state index in [-0.39, 0.29) is 49.8 Å². The number of hydrogen-bond acceptors (Lipinski definition) is 8. The zero-order chi connectivity index (χ0) is 29.2.